The van der Waals surface area contributed by atoms with Crippen molar-refractivity contribution in [2.45, 2.75) is 12.5 Å². The summed E-state index contributed by atoms with van der Waals surface area (Å²) in [7, 11) is 2.94. The van der Waals surface area contributed by atoms with Crippen molar-refractivity contribution in [3.05, 3.63) is 22.7 Å². The van der Waals surface area contributed by atoms with Gasteiger partial charge in [0, 0.05) is 17.7 Å². The average Bonchev–Trinajstić information content (AvgIpc) is 2.27. The van der Waals surface area contributed by atoms with Crippen molar-refractivity contribution < 1.29 is 19.4 Å². The van der Waals surface area contributed by atoms with E-state index in [9.17, 15) is 4.79 Å². The van der Waals surface area contributed by atoms with E-state index in [0.29, 0.717) is 22.1 Å². The molecule has 0 aliphatic heterocycles. The molecule has 0 aliphatic carbocycles. The smallest absolute Gasteiger partial charge is 0.305 e. The van der Waals surface area contributed by atoms with Gasteiger partial charge < -0.3 is 20.3 Å². The highest BCUT2D eigenvalue weighted by Crippen LogP contribution is 2.35. The SMILES string of the molecule is COc1cc(C(N)CC(=O)O)c(OC)cc1Cl. The zero-order valence-corrected chi connectivity index (χ0v) is 10.3. The van der Waals surface area contributed by atoms with Gasteiger partial charge in [0.2, 0.25) is 0 Å². The number of halogens is 1. The van der Waals surface area contributed by atoms with Crippen molar-refractivity contribution >= 4 is 17.6 Å². The van der Waals surface area contributed by atoms with Gasteiger partial charge in [-0.25, -0.2) is 0 Å². The van der Waals surface area contributed by atoms with E-state index in [1.54, 1.807) is 12.1 Å². The van der Waals surface area contributed by atoms with Crippen molar-refractivity contribution in [1.29, 1.82) is 0 Å². The molecule has 6 heteroatoms. The molecule has 0 heterocycles. The third kappa shape index (κ3) is 3.25. The fraction of sp³-hybridized carbons (Fsp3) is 0.364. The minimum Gasteiger partial charge on any atom is -0.496 e. The number of methoxy groups -OCH3 is 2. The monoisotopic (exact) mass is 259 g/mol. The van der Waals surface area contributed by atoms with Crippen LogP contribution >= 0.6 is 11.6 Å². The van der Waals surface area contributed by atoms with Crippen LogP contribution in [0.1, 0.15) is 18.0 Å². The van der Waals surface area contributed by atoms with E-state index in [4.69, 9.17) is 31.9 Å². The van der Waals surface area contributed by atoms with E-state index in [2.05, 4.69) is 0 Å². The van der Waals surface area contributed by atoms with Crippen LogP contribution in [0.4, 0.5) is 0 Å². The van der Waals surface area contributed by atoms with Crippen molar-refractivity contribution in [3.8, 4) is 11.5 Å². The van der Waals surface area contributed by atoms with Crippen LogP contribution in [0.25, 0.3) is 0 Å². The first-order valence-corrected chi connectivity index (χ1v) is 5.26. The minimum absolute atomic E-state index is 0.193. The Morgan fingerprint density at radius 1 is 1.41 bits per heavy atom. The van der Waals surface area contributed by atoms with E-state index >= 15 is 0 Å². The number of carbonyl (C=O) groups is 1. The highest BCUT2D eigenvalue weighted by atomic mass is 35.5. The lowest BCUT2D eigenvalue weighted by molar-refractivity contribution is -0.137. The van der Waals surface area contributed by atoms with Gasteiger partial charge in [0.25, 0.3) is 0 Å². The highest BCUT2D eigenvalue weighted by Gasteiger charge is 2.18. The summed E-state index contributed by atoms with van der Waals surface area (Å²) in [4.78, 5) is 10.6. The van der Waals surface area contributed by atoms with Crippen LogP contribution < -0.4 is 15.2 Å². The maximum Gasteiger partial charge on any atom is 0.305 e. The van der Waals surface area contributed by atoms with Crippen molar-refractivity contribution in [3.63, 3.8) is 0 Å². The Morgan fingerprint density at radius 2 is 2.00 bits per heavy atom. The zero-order valence-electron chi connectivity index (χ0n) is 9.57. The third-order valence-corrected chi connectivity index (χ3v) is 2.59. The summed E-state index contributed by atoms with van der Waals surface area (Å²) in [5.74, 6) is -0.0960. The molecule has 94 valence electrons. The minimum atomic E-state index is -0.978. The van der Waals surface area contributed by atoms with Crippen LogP contribution in [0.3, 0.4) is 0 Å². The van der Waals surface area contributed by atoms with Crippen LogP contribution in [0, 0.1) is 0 Å². The van der Waals surface area contributed by atoms with Gasteiger partial charge in [-0.05, 0) is 6.07 Å². The lowest BCUT2D eigenvalue weighted by atomic mass is 10.0. The van der Waals surface area contributed by atoms with Gasteiger partial charge >= 0.3 is 5.97 Å². The molecule has 0 saturated heterocycles. The van der Waals surface area contributed by atoms with Crippen LogP contribution in [-0.4, -0.2) is 25.3 Å². The Balaban J connectivity index is 3.15. The van der Waals surface area contributed by atoms with Crippen LogP contribution in [0.2, 0.25) is 5.02 Å². The molecular weight excluding hydrogens is 246 g/mol. The molecule has 1 aromatic carbocycles. The first-order chi connectivity index (χ1) is 7.99. The Labute approximate surface area is 104 Å². The fourth-order valence-corrected chi connectivity index (χ4v) is 1.70. The molecule has 0 saturated carbocycles. The molecule has 0 aromatic heterocycles. The third-order valence-electron chi connectivity index (χ3n) is 2.30. The van der Waals surface area contributed by atoms with Crippen molar-refractivity contribution in [1.82, 2.24) is 0 Å². The van der Waals surface area contributed by atoms with Gasteiger partial charge in [0.05, 0.1) is 25.7 Å². The Bertz CT molecular complexity index is 422. The summed E-state index contributed by atoms with van der Waals surface area (Å²) in [6, 6.07) is 2.47. The zero-order chi connectivity index (χ0) is 13.0. The predicted octanol–water partition coefficient (Wildman–Crippen LogP) is 1.83. The topological polar surface area (TPSA) is 81.8 Å². The number of carboxylic acid groups (broad SMARTS) is 1. The molecule has 0 fully saturated rings. The molecule has 1 rings (SSSR count). The van der Waals surface area contributed by atoms with Crippen molar-refractivity contribution in [2.24, 2.45) is 5.73 Å². The van der Waals surface area contributed by atoms with Gasteiger partial charge in [-0.3, -0.25) is 4.79 Å². The molecule has 0 bridgehead atoms. The van der Waals surface area contributed by atoms with E-state index in [0.717, 1.165) is 0 Å². The number of carboxylic acids is 1. The van der Waals surface area contributed by atoms with E-state index in [1.165, 1.54) is 14.2 Å². The number of aliphatic carboxylic acids is 1. The first kappa shape index (κ1) is 13.6. The number of rotatable bonds is 5. The Hall–Kier alpha value is -1.46. The number of nitrogens with two attached hydrogens (primary N) is 1. The summed E-state index contributed by atoms with van der Waals surface area (Å²) in [5.41, 5.74) is 6.34. The van der Waals surface area contributed by atoms with Gasteiger partial charge in [0.15, 0.2) is 0 Å². The number of hydrogen-bond acceptors (Lipinski definition) is 4. The molecule has 0 aliphatic rings. The maximum atomic E-state index is 10.6. The molecule has 0 amide bonds. The molecule has 17 heavy (non-hydrogen) atoms. The largest absolute Gasteiger partial charge is 0.496 e. The quantitative estimate of drug-likeness (QED) is 0.843. The molecule has 5 nitrogen and oxygen atoms in total. The van der Waals surface area contributed by atoms with Crippen molar-refractivity contribution in [2.75, 3.05) is 14.2 Å². The van der Waals surface area contributed by atoms with E-state index < -0.39 is 12.0 Å². The highest BCUT2D eigenvalue weighted by molar-refractivity contribution is 6.32. The summed E-state index contributed by atoms with van der Waals surface area (Å²) in [6.07, 6.45) is -0.193. The lowest BCUT2D eigenvalue weighted by Crippen LogP contribution is -2.16. The number of hydrogen-bond donors (Lipinski definition) is 2. The molecule has 1 atom stereocenters. The van der Waals surface area contributed by atoms with Gasteiger partial charge in [-0.1, -0.05) is 11.6 Å². The van der Waals surface area contributed by atoms with E-state index in [-0.39, 0.29) is 6.42 Å². The molecule has 1 unspecified atom stereocenters. The average molecular weight is 260 g/mol. The van der Waals surface area contributed by atoms with Gasteiger partial charge in [-0.15, -0.1) is 0 Å². The summed E-state index contributed by atoms with van der Waals surface area (Å²) in [5, 5.41) is 9.10. The molecule has 3 N–H and O–H groups in total. The second-order valence-corrected chi connectivity index (χ2v) is 3.84. The Kier molecular flexibility index (Phi) is 4.60. The predicted molar refractivity (Wildman–Crippen MR) is 63.7 cm³/mol. The summed E-state index contributed by atoms with van der Waals surface area (Å²) < 4.78 is 10.2. The fourth-order valence-electron chi connectivity index (χ4n) is 1.47. The standard InChI is InChI=1S/C11H14ClNO4/c1-16-9-4-7(12)10(17-2)3-6(9)8(13)5-11(14)15/h3-4,8H,5,13H2,1-2H3,(H,14,15). The van der Waals surface area contributed by atoms with E-state index in [1.807, 2.05) is 0 Å². The molecule has 0 spiro atoms. The van der Waals surface area contributed by atoms with Crippen LogP contribution in [0.5, 0.6) is 11.5 Å². The maximum absolute atomic E-state index is 10.6. The number of benzene rings is 1. The molecular formula is C11H14ClNO4. The summed E-state index contributed by atoms with van der Waals surface area (Å²) in [6.45, 7) is 0. The lowest BCUT2D eigenvalue weighted by Gasteiger charge is -2.16. The second-order valence-electron chi connectivity index (χ2n) is 3.43. The van der Waals surface area contributed by atoms with Gasteiger partial charge in [0.1, 0.15) is 11.5 Å². The Morgan fingerprint density at radius 3 is 2.47 bits per heavy atom. The number of ether oxygens (including phenoxy) is 2. The normalized spacial score (nSPS) is 12.0. The molecule has 0 radical (unpaired) electrons. The first-order valence-electron chi connectivity index (χ1n) is 4.88. The van der Waals surface area contributed by atoms with Crippen LogP contribution in [0.15, 0.2) is 12.1 Å². The van der Waals surface area contributed by atoms with Crippen LogP contribution in [-0.2, 0) is 4.79 Å². The second kappa shape index (κ2) is 5.75. The van der Waals surface area contributed by atoms with Gasteiger partial charge in [-0.2, -0.15) is 0 Å². The summed E-state index contributed by atoms with van der Waals surface area (Å²) >= 11 is 5.93. The molecule has 1 aromatic rings.